The van der Waals surface area contributed by atoms with E-state index in [-0.39, 0.29) is 18.9 Å². The van der Waals surface area contributed by atoms with Crippen molar-refractivity contribution in [2.45, 2.75) is 45.6 Å². The van der Waals surface area contributed by atoms with E-state index in [4.69, 9.17) is 4.74 Å². The van der Waals surface area contributed by atoms with Crippen LogP contribution < -0.4 is 10.1 Å². The lowest BCUT2D eigenvalue weighted by Gasteiger charge is -2.25. The summed E-state index contributed by atoms with van der Waals surface area (Å²) in [6.07, 6.45) is 1.50. The quantitative estimate of drug-likeness (QED) is 0.804. The van der Waals surface area contributed by atoms with Crippen LogP contribution >= 0.6 is 0 Å². The molecule has 1 aromatic carbocycles. The number of aryl methyl sites for hydroxylation is 1. The van der Waals surface area contributed by atoms with Gasteiger partial charge >= 0.3 is 0 Å². The summed E-state index contributed by atoms with van der Waals surface area (Å²) in [5.41, 5.74) is 1.14. The molecular weight excluding hydrogens is 254 g/mol. The Labute approximate surface area is 121 Å². The fourth-order valence-electron chi connectivity index (χ4n) is 2.04. The van der Waals surface area contributed by atoms with Crippen LogP contribution in [-0.4, -0.2) is 30.3 Å². The third-order valence-corrected chi connectivity index (χ3v) is 3.72. The third kappa shape index (κ3) is 4.53. The standard InChI is InChI=1S/C16H25NO3/c1-5-16(19,6-2)11-17-15(18)10-13-9-12(3)7-8-14(13)20-4/h7-9,19H,5-6,10-11H2,1-4H3,(H,17,18). The SMILES string of the molecule is CCC(O)(CC)CNC(=O)Cc1cc(C)ccc1OC. The molecule has 0 heterocycles. The second-order valence-electron chi connectivity index (χ2n) is 5.20. The number of carbonyl (C=O) groups excluding carboxylic acids is 1. The molecule has 0 saturated carbocycles. The second kappa shape index (κ2) is 7.29. The highest BCUT2D eigenvalue weighted by Crippen LogP contribution is 2.20. The van der Waals surface area contributed by atoms with Gasteiger partial charge in [-0.3, -0.25) is 4.79 Å². The van der Waals surface area contributed by atoms with Crippen LogP contribution in [0, 0.1) is 6.92 Å². The molecule has 2 N–H and O–H groups in total. The summed E-state index contributed by atoms with van der Waals surface area (Å²) in [6, 6.07) is 5.77. The Morgan fingerprint density at radius 2 is 2.00 bits per heavy atom. The van der Waals surface area contributed by atoms with Crippen LogP contribution in [-0.2, 0) is 11.2 Å². The molecule has 1 rings (SSSR count). The molecule has 0 aliphatic heterocycles. The summed E-state index contributed by atoms with van der Waals surface area (Å²) >= 11 is 0. The molecule has 0 atom stereocenters. The maximum Gasteiger partial charge on any atom is 0.224 e. The summed E-state index contributed by atoms with van der Waals surface area (Å²) in [5.74, 6) is 0.612. The third-order valence-electron chi connectivity index (χ3n) is 3.72. The van der Waals surface area contributed by atoms with Gasteiger partial charge in [0, 0.05) is 12.1 Å². The number of ether oxygens (including phenoxy) is 1. The maximum atomic E-state index is 12.0. The van der Waals surface area contributed by atoms with Gasteiger partial charge in [0.25, 0.3) is 0 Å². The number of methoxy groups -OCH3 is 1. The normalized spacial score (nSPS) is 11.2. The van der Waals surface area contributed by atoms with Crippen LogP contribution in [0.25, 0.3) is 0 Å². The average Bonchev–Trinajstić information content (AvgIpc) is 2.45. The first-order valence-electron chi connectivity index (χ1n) is 7.06. The fraction of sp³-hybridized carbons (Fsp3) is 0.562. The van der Waals surface area contributed by atoms with Gasteiger partial charge in [0.1, 0.15) is 5.75 Å². The molecule has 0 aromatic heterocycles. The second-order valence-corrected chi connectivity index (χ2v) is 5.20. The van der Waals surface area contributed by atoms with E-state index < -0.39 is 5.60 Å². The van der Waals surface area contributed by atoms with E-state index >= 15 is 0 Å². The minimum atomic E-state index is -0.813. The van der Waals surface area contributed by atoms with Crippen molar-refractivity contribution in [2.24, 2.45) is 0 Å². The summed E-state index contributed by atoms with van der Waals surface area (Å²) < 4.78 is 5.26. The van der Waals surface area contributed by atoms with E-state index in [9.17, 15) is 9.90 Å². The lowest BCUT2D eigenvalue weighted by atomic mass is 9.97. The number of benzene rings is 1. The van der Waals surface area contributed by atoms with E-state index in [2.05, 4.69) is 5.32 Å². The predicted octanol–water partition coefficient (Wildman–Crippen LogP) is 2.21. The molecule has 0 unspecified atom stereocenters. The number of nitrogens with one attached hydrogen (secondary N) is 1. The molecule has 20 heavy (non-hydrogen) atoms. The van der Waals surface area contributed by atoms with Crippen molar-refractivity contribution in [2.75, 3.05) is 13.7 Å². The van der Waals surface area contributed by atoms with Gasteiger partial charge in [0.05, 0.1) is 19.1 Å². The molecule has 0 fully saturated rings. The Hall–Kier alpha value is -1.55. The summed E-state index contributed by atoms with van der Waals surface area (Å²) in [5, 5.41) is 12.9. The molecule has 4 heteroatoms. The molecular formula is C16H25NO3. The monoisotopic (exact) mass is 279 g/mol. The molecule has 1 amide bonds. The first-order chi connectivity index (χ1) is 9.44. The molecule has 0 bridgehead atoms. The molecule has 1 aromatic rings. The average molecular weight is 279 g/mol. The van der Waals surface area contributed by atoms with Crippen molar-refractivity contribution in [1.82, 2.24) is 5.32 Å². The Morgan fingerprint density at radius 3 is 2.55 bits per heavy atom. The minimum absolute atomic E-state index is 0.103. The number of hydrogen-bond donors (Lipinski definition) is 2. The number of carbonyl (C=O) groups is 1. The predicted molar refractivity (Wildman–Crippen MR) is 80.0 cm³/mol. The number of amides is 1. The van der Waals surface area contributed by atoms with Crippen LogP contribution in [0.5, 0.6) is 5.75 Å². The number of hydrogen-bond acceptors (Lipinski definition) is 3. The largest absolute Gasteiger partial charge is 0.496 e. The summed E-state index contributed by atoms with van der Waals surface area (Å²) in [4.78, 5) is 12.0. The summed E-state index contributed by atoms with van der Waals surface area (Å²) in [6.45, 7) is 6.10. The highest BCUT2D eigenvalue weighted by molar-refractivity contribution is 5.79. The van der Waals surface area contributed by atoms with Gasteiger partial charge < -0.3 is 15.2 Å². The molecule has 0 radical (unpaired) electrons. The van der Waals surface area contributed by atoms with E-state index in [1.165, 1.54) is 0 Å². The van der Waals surface area contributed by atoms with E-state index in [0.29, 0.717) is 18.6 Å². The Bertz CT molecular complexity index is 453. The van der Waals surface area contributed by atoms with E-state index in [0.717, 1.165) is 11.1 Å². The zero-order chi connectivity index (χ0) is 15.2. The van der Waals surface area contributed by atoms with Crippen molar-refractivity contribution in [1.29, 1.82) is 0 Å². The highest BCUT2D eigenvalue weighted by Gasteiger charge is 2.22. The maximum absolute atomic E-state index is 12.0. The molecule has 0 aliphatic carbocycles. The van der Waals surface area contributed by atoms with Gasteiger partial charge in [-0.2, -0.15) is 0 Å². The van der Waals surface area contributed by atoms with Gasteiger partial charge in [-0.1, -0.05) is 31.5 Å². The first-order valence-corrected chi connectivity index (χ1v) is 7.06. The van der Waals surface area contributed by atoms with Crippen molar-refractivity contribution in [3.63, 3.8) is 0 Å². The van der Waals surface area contributed by atoms with Crippen LogP contribution in [0.15, 0.2) is 18.2 Å². The van der Waals surface area contributed by atoms with Crippen LogP contribution in [0.3, 0.4) is 0 Å². The Balaban J connectivity index is 2.65. The zero-order valence-corrected chi connectivity index (χ0v) is 12.8. The lowest BCUT2D eigenvalue weighted by Crippen LogP contribution is -2.42. The Morgan fingerprint density at radius 1 is 1.35 bits per heavy atom. The van der Waals surface area contributed by atoms with E-state index in [1.807, 2.05) is 39.0 Å². The smallest absolute Gasteiger partial charge is 0.224 e. The van der Waals surface area contributed by atoms with Crippen LogP contribution in [0.4, 0.5) is 0 Å². The first kappa shape index (κ1) is 16.5. The van der Waals surface area contributed by atoms with E-state index in [1.54, 1.807) is 7.11 Å². The summed E-state index contributed by atoms with van der Waals surface area (Å²) in [7, 11) is 1.60. The molecule has 112 valence electrons. The van der Waals surface area contributed by atoms with Gasteiger partial charge in [-0.15, -0.1) is 0 Å². The van der Waals surface area contributed by atoms with Crippen molar-refractivity contribution >= 4 is 5.91 Å². The van der Waals surface area contributed by atoms with Gasteiger partial charge in [0.15, 0.2) is 0 Å². The molecule has 0 spiro atoms. The van der Waals surface area contributed by atoms with Crippen molar-refractivity contribution in [3.05, 3.63) is 29.3 Å². The highest BCUT2D eigenvalue weighted by atomic mass is 16.5. The van der Waals surface area contributed by atoms with Crippen molar-refractivity contribution in [3.8, 4) is 5.75 Å². The lowest BCUT2D eigenvalue weighted by molar-refractivity contribution is -0.121. The number of aliphatic hydroxyl groups is 1. The van der Waals surface area contributed by atoms with Crippen molar-refractivity contribution < 1.29 is 14.6 Å². The molecule has 0 saturated heterocycles. The fourth-order valence-corrected chi connectivity index (χ4v) is 2.04. The van der Waals surface area contributed by atoms with Gasteiger partial charge in [-0.25, -0.2) is 0 Å². The number of rotatable bonds is 7. The Kier molecular flexibility index (Phi) is 6.02. The minimum Gasteiger partial charge on any atom is -0.496 e. The zero-order valence-electron chi connectivity index (χ0n) is 12.8. The van der Waals surface area contributed by atoms with Crippen LogP contribution in [0.2, 0.25) is 0 Å². The molecule has 4 nitrogen and oxygen atoms in total. The topological polar surface area (TPSA) is 58.6 Å². The van der Waals surface area contributed by atoms with Gasteiger partial charge in [0.2, 0.25) is 5.91 Å². The van der Waals surface area contributed by atoms with Crippen LogP contribution in [0.1, 0.15) is 37.8 Å². The molecule has 0 aliphatic rings. The van der Waals surface area contributed by atoms with Gasteiger partial charge in [-0.05, 0) is 25.8 Å².